The number of aromatic amines is 1. The van der Waals surface area contributed by atoms with Crippen LogP contribution in [-0.4, -0.2) is 38.5 Å². The highest BCUT2D eigenvalue weighted by molar-refractivity contribution is 5.97. The van der Waals surface area contributed by atoms with E-state index in [2.05, 4.69) is 16.9 Å². The Morgan fingerprint density at radius 3 is 3.00 bits per heavy atom. The first-order valence-corrected chi connectivity index (χ1v) is 9.20. The van der Waals surface area contributed by atoms with Gasteiger partial charge in [-0.25, -0.2) is 4.98 Å². The average Bonchev–Trinajstić information content (AvgIpc) is 3.10. The van der Waals surface area contributed by atoms with Crippen LogP contribution in [0, 0.1) is 0 Å². The molecule has 4 rings (SSSR count). The molecule has 2 aromatic carbocycles. The van der Waals surface area contributed by atoms with Gasteiger partial charge in [0, 0.05) is 18.2 Å². The highest BCUT2D eigenvalue weighted by Gasteiger charge is 2.26. The van der Waals surface area contributed by atoms with Crippen LogP contribution in [-0.2, 0) is 12.8 Å². The number of hydrogen-bond acceptors (Lipinski definition) is 3. The number of hydrogen-bond donors (Lipinski definition) is 2. The molecule has 0 saturated carbocycles. The van der Waals surface area contributed by atoms with Gasteiger partial charge in [0.1, 0.15) is 5.75 Å². The highest BCUT2D eigenvalue weighted by Crippen LogP contribution is 2.26. The SMILES string of the molecule is CC[C@H]1Cc2ccc(O)cc2CCCN1C(=O)c1ccc2nc[nH]c2c1. The van der Waals surface area contributed by atoms with E-state index in [4.69, 9.17) is 0 Å². The Bertz CT molecular complexity index is 947. The summed E-state index contributed by atoms with van der Waals surface area (Å²) in [5.74, 6) is 0.397. The number of nitrogens with zero attached hydrogens (tertiary/aromatic N) is 2. The van der Waals surface area contributed by atoms with Gasteiger partial charge in [-0.3, -0.25) is 4.79 Å². The zero-order chi connectivity index (χ0) is 18.1. The molecule has 2 N–H and O–H groups in total. The number of imidazole rings is 1. The van der Waals surface area contributed by atoms with E-state index in [1.165, 1.54) is 11.1 Å². The van der Waals surface area contributed by atoms with Crippen LogP contribution in [0.3, 0.4) is 0 Å². The molecule has 1 aromatic heterocycles. The first-order chi connectivity index (χ1) is 12.7. The number of carbonyl (C=O) groups excluding carboxylic acids is 1. The summed E-state index contributed by atoms with van der Waals surface area (Å²) < 4.78 is 0. The quantitative estimate of drug-likeness (QED) is 0.741. The summed E-state index contributed by atoms with van der Waals surface area (Å²) >= 11 is 0. The van der Waals surface area contributed by atoms with Crippen LogP contribution >= 0.6 is 0 Å². The fourth-order valence-electron chi connectivity index (χ4n) is 3.90. The predicted octanol–water partition coefficient (Wildman–Crippen LogP) is 3.68. The number of rotatable bonds is 2. The number of amides is 1. The molecule has 1 amide bonds. The van der Waals surface area contributed by atoms with E-state index in [1.54, 1.807) is 12.4 Å². The first kappa shape index (κ1) is 16.6. The normalized spacial score (nSPS) is 17.6. The Morgan fingerprint density at radius 2 is 2.15 bits per heavy atom. The van der Waals surface area contributed by atoms with Gasteiger partial charge in [0.25, 0.3) is 5.91 Å². The number of benzene rings is 2. The molecular weight excluding hydrogens is 326 g/mol. The predicted molar refractivity (Wildman–Crippen MR) is 101 cm³/mol. The number of aromatic nitrogens is 2. The zero-order valence-electron chi connectivity index (χ0n) is 14.9. The second kappa shape index (κ2) is 6.83. The maximum atomic E-state index is 13.2. The summed E-state index contributed by atoms with van der Waals surface area (Å²) in [7, 11) is 0. The van der Waals surface area contributed by atoms with Gasteiger partial charge in [0.2, 0.25) is 0 Å². The topological polar surface area (TPSA) is 69.2 Å². The smallest absolute Gasteiger partial charge is 0.254 e. The molecule has 0 radical (unpaired) electrons. The average molecular weight is 349 g/mol. The molecule has 1 atom stereocenters. The third-order valence-corrected chi connectivity index (χ3v) is 5.33. The summed E-state index contributed by atoms with van der Waals surface area (Å²) in [6, 6.07) is 11.4. The number of aryl methyl sites for hydroxylation is 1. The number of phenolic OH excluding ortho intramolecular Hbond substituents is 1. The molecule has 5 heteroatoms. The fourth-order valence-corrected chi connectivity index (χ4v) is 3.90. The second-order valence-electron chi connectivity index (χ2n) is 6.96. The van der Waals surface area contributed by atoms with Gasteiger partial charge >= 0.3 is 0 Å². The van der Waals surface area contributed by atoms with Gasteiger partial charge in [-0.2, -0.15) is 0 Å². The Labute approximate surface area is 152 Å². The molecule has 5 nitrogen and oxygen atoms in total. The van der Waals surface area contributed by atoms with E-state index in [-0.39, 0.29) is 11.9 Å². The van der Waals surface area contributed by atoms with Crippen molar-refractivity contribution in [2.45, 2.75) is 38.6 Å². The van der Waals surface area contributed by atoms with Crippen LogP contribution in [0.5, 0.6) is 5.75 Å². The van der Waals surface area contributed by atoms with Crippen LogP contribution in [0.2, 0.25) is 0 Å². The molecule has 3 aromatic rings. The number of carbonyl (C=O) groups is 1. The van der Waals surface area contributed by atoms with Crippen LogP contribution in [0.25, 0.3) is 11.0 Å². The number of fused-ring (bicyclic) bond motifs is 2. The van der Waals surface area contributed by atoms with E-state index < -0.39 is 0 Å². The molecule has 134 valence electrons. The minimum atomic E-state index is 0.0792. The van der Waals surface area contributed by atoms with E-state index in [0.717, 1.165) is 43.3 Å². The zero-order valence-corrected chi connectivity index (χ0v) is 14.9. The number of aromatic hydroxyl groups is 1. The maximum Gasteiger partial charge on any atom is 0.254 e. The van der Waals surface area contributed by atoms with Crippen molar-refractivity contribution in [2.24, 2.45) is 0 Å². The molecule has 1 aliphatic rings. The molecule has 2 heterocycles. The molecule has 0 unspecified atom stereocenters. The second-order valence-corrected chi connectivity index (χ2v) is 6.96. The van der Waals surface area contributed by atoms with Crippen LogP contribution in [0.1, 0.15) is 41.3 Å². The van der Waals surface area contributed by atoms with Gasteiger partial charge in [-0.15, -0.1) is 0 Å². The Balaban J connectivity index is 1.64. The van der Waals surface area contributed by atoms with Crippen LogP contribution < -0.4 is 0 Å². The summed E-state index contributed by atoms with van der Waals surface area (Å²) in [5, 5.41) is 9.76. The summed E-state index contributed by atoms with van der Waals surface area (Å²) in [4.78, 5) is 22.5. The van der Waals surface area contributed by atoms with Gasteiger partial charge in [-0.05, 0) is 67.1 Å². The number of phenols is 1. The Kier molecular flexibility index (Phi) is 4.37. The summed E-state index contributed by atoms with van der Waals surface area (Å²) in [5.41, 5.74) is 4.89. The monoisotopic (exact) mass is 349 g/mol. The Morgan fingerprint density at radius 1 is 1.27 bits per heavy atom. The summed E-state index contributed by atoms with van der Waals surface area (Å²) in [6.45, 7) is 2.86. The molecule has 1 aliphatic heterocycles. The van der Waals surface area contributed by atoms with Crippen molar-refractivity contribution in [3.63, 3.8) is 0 Å². The van der Waals surface area contributed by atoms with Crippen LogP contribution in [0.15, 0.2) is 42.7 Å². The molecular formula is C21H23N3O2. The van der Waals surface area contributed by atoms with E-state index in [1.807, 2.05) is 35.2 Å². The van der Waals surface area contributed by atoms with Crippen molar-refractivity contribution in [3.05, 3.63) is 59.4 Å². The fraction of sp³-hybridized carbons (Fsp3) is 0.333. The third-order valence-electron chi connectivity index (χ3n) is 5.33. The van der Waals surface area contributed by atoms with Gasteiger partial charge < -0.3 is 15.0 Å². The lowest BCUT2D eigenvalue weighted by molar-refractivity contribution is 0.0665. The van der Waals surface area contributed by atoms with Crippen molar-refractivity contribution in [2.75, 3.05) is 6.54 Å². The lowest BCUT2D eigenvalue weighted by Crippen LogP contribution is -2.43. The largest absolute Gasteiger partial charge is 0.508 e. The van der Waals surface area contributed by atoms with Crippen molar-refractivity contribution in [3.8, 4) is 5.75 Å². The van der Waals surface area contributed by atoms with Crippen molar-refractivity contribution in [1.82, 2.24) is 14.9 Å². The summed E-state index contributed by atoms with van der Waals surface area (Å²) in [6.07, 6.45) is 5.15. The third kappa shape index (κ3) is 3.05. The molecule has 0 aliphatic carbocycles. The van der Waals surface area contributed by atoms with Crippen molar-refractivity contribution < 1.29 is 9.90 Å². The first-order valence-electron chi connectivity index (χ1n) is 9.20. The van der Waals surface area contributed by atoms with Gasteiger partial charge in [0.15, 0.2) is 0 Å². The Hall–Kier alpha value is -2.82. The minimum Gasteiger partial charge on any atom is -0.508 e. The molecule has 0 spiro atoms. The van der Waals surface area contributed by atoms with E-state index in [0.29, 0.717) is 11.3 Å². The molecule has 0 saturated heterocycles. The highest BCUT2D eigenvalue weighted by atomic mass is 16.3. The standard InChI is InChI=1S/C21H23N3O2/c1-2-17-10-15-5-7-18(25)11-14(15)4-3-9-24(17)21(26)16-6-8-19-20(12-16)23-13-22-19/h5-8,11-13,17,25H,2-4,9-10H2,1H3,(H,22,23)/t17-/m0/s1. The number of H-pyrrole nitrogens is 1. The van der Waals surface area contributed by atoms with Crippen molar-refractivity contribution >= 4 is 16.9 Å². The van der Waals surface area contributed by atoms with E-state index in [9.17, 15) is 9.90 Å². The van der Waals surface area contributed by atoms with Crippen molar-refractivity contribution in [1.29, 1.82) is 0 Å². The van der Waals surface area contributed by atoms with Crippen LogP contribution in [0.4, 0.5) is 0 Å². The maximum absolute atomic E-state index is 13.2. The minimum absolute atomic E-state index is 0.0792. The molecule has 0 fully saturated rings. The molecule has 26 heavy (non-hydrogen) atoms. The lowest BCUT2D eigenvalue weighted by Gasteiger charge is -2.34. The van der Waals surface area contributed by atoms with Gasteiger partial charge in [0.05, 0.1) is 17.4 Å². The number of nitrogens with one attached hydrogen (secondary N) is 1. The lowest BCUT2D eigenvalue weighted by atomic mass is 9.92. The molecule has 0 bridgehead atoms. The van der Waals surface area contributed by atoms with Gasteiger partial charge in [-0.1, -0.05) is 13.0 Å². The van der Waals surface area contributed by atoms with E-state index >= 15 is 0 Å².